The number of aromatic nitrogens is 2. The van der Waals surface area contributed by atoms with Crippen LogP contribution in [-0.2, 0) is 6.61 Å². The summed E-state index contributed by atoms with van der Waals surface area (Å²) >= 11 is 0. The van der Waals surface area contributed by atoms with Crippen LogP contribution < -0.4 is 15.7 Å². The van der Waals surface area contributed by atoms with Crippen molar-refractivity contribution < 1.29 is 18.5 Å². The zero-order valence-electron chi connectivity index (χ0n) is 14.7. The summed E-state index contributed by atoms with van der Waals surface area (Å²) in [7, 11) is 0. The minimum absolute atomic E-state index is 0.0164. The third-order valence-corrected chi connectivity index (χ3v) is 3.62. The highest BCUT2D eigenvalue weighted by Crippen LogP contribution is 2.22. The predicted octanol–water partition coefficient (Wildman–Crippen LogP) is 2.45. The van der Waals surface area contributed by atoms with Crippen molar-refractivity contribution in [2.75, 3.05) is 6.54 Å². The first kappa shape index (κ1) is 17.7. The molecule has 0 fully saturated rings. The minimum Gasteiger partial charge on any atom is -0.485 e. The number of rotatable bonds is 6. The van der Waals surface area contributed by atoms with E-state index >= 15 is 0 Å². The van der Waals surface area contributed by atoms with Gasteiger partial charge in [-0.05, 0) is 30.5 Å². The van der Waals surface area contributed by atoms with Crippen molar-refractivity contribution in [1.82, 2.24) is 15.5 Å². The fourth-order valence-electron chi connectivity index (χ4n) is 2.32. The van der Waals surface area contributed by atoms with E-state index in [0.717, 1.165) is 10.9 Å². The lowest BCUT2D eigenvalue weighted by molar-refractivity contribution is 0.0905. The van der Waals surface area contributed by atoms with Gasteiger partial charge >= 0.3 is 17.4 Å². The zero-order valence-corrected chi connectivity index (χ0v) is 14.7. The van der Waals surface area contributed by atoms with Crippen molar-refractivity contribution in [3.63, 3.8) is 0 Å². The molecule has 1 N–H and O–H groups in total. The smallest absolute Gasteiger partial charge is 0.336 e. The predicted molar refractivity (Wildman–Crippen MR) is 93.0 cm³/mol. The summed E-state index contributed by atoms with van der Waals surface area (Å²) < 4.78 is 15.7. The summed E-state index contributed by atoms with van der Waals surface area (Å²) in [6, 6.07) is 6.63. The molecule has 0 saturated heterocycles. The van der Waals surface area contributed by atoms with Crippen LogP contribution in [0.15, 0.2) is 38.0 Å². The van der Waals surface area contributed by atoms with Crippen LogP contribution in [0.25, 0.3) is 11.0 Å². The SMILES string of the molecule is Cc1cc(=O)oc2cc(OCc3noc(C(=O)NCC(C)C)n3)ccc12. The standard InChI is InChI=1S/C18H19N3O5/c1-10(2)8-19-17(23)18-20-15(21-26-18)9-24-12-4-5-13-11(3)6-16(22)25-14(13)7-12/h4-7,10H,8-9H2,1-3H3,(H,19,23). The van der Waals surface area contributed by atoms with E-state index in [-0.39, 0.29) is 18.3 Å². The lowest BCUT2D eigenvalue weighted by atomic mass is 10.1. The molecule has 0 unspecified atom stereocenters. The molecular weight excluding hydrogens is 338 g/mol. The van der Waals surface area contributed by atoms with Gasteiger partial charge in [-0.25, -0.2) is 4.79 Å². The van der Waals surface area contributed by atoms with E-state index in [2.05, 4.69) is 15.5 Å². The van der Waals surface area contributed by atoms with Gasteiger partial charge in [0, 0.05) is 24.1 Å². The van der Waals surface area contributed by atoms with Gasteiger partial charge in [-0.2, -0.15) is 4.98 Å². The molecule has 1 aromatic carbocycles. The molecule has 2 aromatic heterocycles. The first-order chi connectivity index (χ1) is 12.4. The molecule has 0 saturated carbocycles. The number of carbonyl (C=O) groups is 1. The quantitative estimate of drug-likeness (QED) is 0.675. The second-order valence-electron chi connectivity index (χ2n) is 6.31. The molecule has 8 heteroatoms. The number of fused-ring (bicyclic) bond motifs is 1. The summed E-state index contributed by atoms with van der Waals surface area (Å²) in [5, 5.41) is 7.26. The number of benzene rings is 1. The average molecular weight is 357 g/mol. The molecule has 8 nitrogen and oxygen atoms in total. The summed E-state index contributed by atoms with van der Waals surface area (Å²) in [6.45, 7) is 6.35. The molecule has 2 heterocycles. The Hall–Kier alpha value is -3.16. The fraction of sp³-hybridized carbons (Fsp3) is 0.333. The van der Waals surface area contributed by atoms with Crippen molar-refractivity contribution in [1.29, 1.82) is 0 Å². The van der Waals surface area contributed by atoms with Gasteiger partial charge in [0.05, 0.1) is 0 Å². The van der Waals surface area contributed by atoms with Gasteiger partial charge in [0.2, 0.25) is 5.82 Å². The molecular formula is C18H19N3O5. The number of carbonyl (C=O) groups excluding carboxylic acids is 1. The molecule has 26 heavy (non-hydrogen) atoms. The zero-order chi connectivity index (χ0) is 18.7. The molecule has 136 valence electrons. The Morgan fingerprint density at radius 3 is 2.88 bits per heavy atom. The maximum absolute atomic E-state index is 11.9. The highest BCUT2D eigenvalue weighted by Gasteiger charge is 2.15. The van der Waals surface area contributed by atoms with Crippen LogP contribution in [0.5, 0.6) is 5.75 Å². The third-order valence-electron chi connectivity index (χ3n) is 3.62. The number of nitrogens with zero attached hydrogens (tertiary/aromatic N) is 2. The second kappa shape index (κ2) is 7.38. The number of hydrogen-bond acceptors (Lipinski definition) is 7. The monoisotopic (exact) mass is 357 g/mol. The van der Waals surface area contributed by atoms with Gasteiger partial charge in [-0.1, -0.05) is 19.0 Å². The summed E-state index contributed by atoms with van der Waals surface area (Å²) in [6.07, 6.45) is 0. The van der Waals surface area contributed by atoms with Crippen LogP contribution in [0.2, 0.25) is 0 Å². The van der Waals surface area contributed by atoms with E-state index in [1.54, 1.807) is 12.1 Å². The lowest BCUT2D eigenvalue weighted by Gasteiger charge is -2.05. The largest absolute Gasteiger partial charge is 0.485 e. The van der Waals surface area contributed by atoms with Crippen LogP contribution in [0.1, 0.15) is 35.9 Å². The molecule has 0 radical (unpaired) electrons. The van der Waals surface area contributed by atoms with Crippen LogP contribution >= 0.6 is 0 Å². The molecule has 0 bridgehead atoms. The molecule has 3 rings (SSSR count). The van der Waals surface area contributed by atoms with Crippen LogP contribution in [0, 0.1) is 12.8 Å². The normalized spacial score (nSPS) is 11.1. The Balaban J connectivity index is 1.67. The summed E-state index contributed by atoms with van der Waals surface area (Å²) in [4.78, 5) is 27.3. The maximum atomic E-state index is 11.9. The number of ether oxygens (including phenoxy) is 1. The maximum Gasteiger partial charge on any atom is 0.336 e. The molecule has 0 spiro atoms. The van der Waals surface area contributed by atoms with E-state index in [0.29, 0.717) is 23.8 Å². The van der Waals surface area contributed by atoms with Crippen LogP contribution in [0.4, 0.5) is 0 Å². The lowest BCUT2D eigenvalue weighted by Crippen LogP contribution is -2.27. The molecule has 1 amide bonds. The second-order valence-corrected chi connectivity index (χ2v) is 6.31. The average Bonchev–Trinajstić information content (AvgIpc) is 3.06. The molecule has 0 aliphatic rings. The third kappa shape index (κ3) is 4.08. The van der Waals surface area contributed by atoms with Crippen molar-refractivity contribution in [2.45, 2.75) is 27.4 Å². The van der Waals surface area contributed by atoms with Crippen molar-refractivity contribution in [2.24, 2.45) is 5.92 Å². The van der Waals surface area contributed by atoms with E-state index in [4.69, 9.17) is 13.7 Å². The van der Waals surface area contributed by atoms with Crippen molar-refractivity contribution in [3.8, 4) is 5.75 Å². The highest BCUT2D eigenvalue weighted by molar-refractivity contribution is 5.89. The van der Waals surface area contributed by atoms with Gasteiger partial charge in [-0.3, -0.25) is 4.79 Å². The van der Waals surface area contributed by atoms with E-state index < -0.39 is 11.5 Å². The van der Waals surface area contributed by atoms with Gasteiger partial charge in [0.1, 0.15) is 11.3 Å². The Kier molecular flexibility index (Phi) is 5.01. The highest BCUT2D eigenvalue weighted by atomic mass is 16.5. The van der Waals surface area contributed by atoms with Gasteiger partial charge in [0.25, 0.3) is 0 Å². The topological polar surface area (TPSA) is 107 Å². The number of nitrogens with one attached hydrogen (secondary N) is 1. The number of aryl methyl sites for hydroxylation is 1. The Morgan fingerprint density at radius 2 is 2.12 bits per heavy atom. The van der Waals surface area contributed by atoms with Gasteiger partial charge in [-0.15, -0.1) is 0 Å². The summed E-state index contributed by atoms with van der Waals surface area (Å²) in [5.41, 5.74) is 0.856. The Bertz CT molecular complexity index is 990. The van der Waals surface area contributed by atoms with E-state index in [9.17, 15) is 9.59 Å². The van der Waals surface area contributed by atoms with E-state index in [1.807, 2.05) is 26.8 Å². The van der Waals surface area contributed by atoms with Crippen molar-refractivity contribution >= 4 is 16.9 Å². The van der Waals surface area contributed by atoms with E-state index in [1.165, 1.54) is 6.07 Å². The molecule has 0 aliphatic heterocycles. The molecule has 0 aliphatic carbocycles. The van der Waals surface area contributed by atoms with Crippen LogP contribution in [-0.4, -0.2) is 22.6 Å². The van der Waals surface area contributed by atoms with Crippen molar-refractivity contribution in [3.05, 3.63) is 52.0 Å². The van der Waals surface area contributed by atoms with Crippen LogP contribution in [0.3, 0.4) is 0 Å². The number of hydrogen-bond donors (Lipinski definition) is 1. The Morgan fingerprint density at radius 1 is 1.31 bits per heavy atom. The summed E-state index contributed by atoms with van der Waals surface area (Å²) in [5.74, 6) is 0.526. The first-order valence-electron chi connectivity index (χ1n) is 8.20. The molecule has 0 atom stereocenters. The minimum atomic E-state index is -0.416. The first-order valence-corrected chi connectivity index (χ1v) is 8.20. The van der Waals surface area contributed by atoms with Gasteiger partial charge in [0.15, 0.2) is 6.61 Å². The number of amides is 1. The van der Waals surface area contributed by atoms with Gasteiger partial charge < -0.3 is 19.0 Å². The molecule has 3 aromatic rings. The Labute approximate surface area is 149 Å². The fourth-order valence-corrected chi connectivity index (χ4v) is 2.32.